The number of hydrogen-bond donors (Lipinski definition) is 0. The Morgan fingerprint density at radius 3 is 2.15 bits per heavy atom. The maximum atomic E-state index is 13.2. The van der Waals surface area contributed by atoms with Crippen molar-refractivity contribution in [3.63, 3.8) is 0 Å². The van der Waals surface area contributed by atoms with Gasteiger partial charge in [-0.1, -0.05) is 29.8 Å². The predicted molar refractivity (Wildman–Crippen MR) is 99.0 cm³/mol. The van der Waals surface area contributed by atoms with E-state index in [-0.39, 0.29) is 11.4 Å². The highest BCUT2D eigenvalue weighted by molar-refractivity contribution is 7.92. The van der Waals surface area contributed by atoms with Gasteiger partial charge in [0.25, 0.3) is 10.0 Å². The lowest BCUT2D eigenvalue weighted by Gasteiger charge is -2.27. The van der Waals surface area contributed by atoms with Crippen LogP contribution in [0.15, 0.2) is 71.1 Å². The Hall–Kier alpha value is -2.28. The molecule has 27 heavy (non-hydrogen) atoms. The number of rotatable bonds is 5. The van der Waals surface area contributed by atoms with E-state index in [4.69, 9.17) is 0 Å². The first kappa shape index (κ1) is 19.5. The average Bonchev–Trinajstić information content (AvgIpc) is 2.67. The number of hydrogen-bond acceptors (Lipinski definition) is 2. The SMILES string of the molecule is O=S(=O)(c1ccc(C(F)(F)F)cc1)N(CC1=CCCCC1)c1ccccc1. The van der Waals surface area contributed by atoms with Gasteiger partial charge in [0.15, 0.2) is 0 Å². The van der Waals surface area contributed by atoms with Gasteiger partial charge >= 0.3 is 6.18 Å². The topological polar surface area (TPSA) is 37.4 Å². The van der Waals surface area contributed by atoms with Crippen LogP contribution in [-0.4, -0.2) is 15.0 Å². The maximum Gasteiger partial charge on any atom is 0.416 e. The molecule has 0 bridgehead atoms. The number of sulfonamides is 1. The summed E-state index contributed by atoms with van der Waals surface area (Å²) in [6.07, 6.45) is 1.38. The Morgan fingerprint density at radius 1 is 0.926 bits per heavy atom. The van der Waals surface area contributed by atoms with Gasteiger partial charge in [-0.2, -0.15) is 13.2 Å². The van der Waals surface area contributed by atoms with Gasteiger partial charge in [-0.25, -0.2) is 8.42 Å². The van der Waals surface area contributed by atoms with Crippen molar-refractivity contribution in [2.75, 3.05) is 10.8 Å². The predicted octanol–water partition coefficient (Wildman–Crippen LogP) is 5.40. The van der Waals surface area contributed by atoms with E-state index in [9.17, 15) is 21.6 Å². The number of para-hydroxylation sites is 1. The molecule has 2 aromatic carbocycles. The number of allylic oxidation sites excluding steroid dienone is 1. The molecule has 0 N–H and O–H groups in total. The third kappa shape index (κ3) is 4.53. The van der Waals surface area contributed by atoms with Crippen LogP contribution in [0.25, 0.3) is 0 Å². The molecular formula is C20H20F3NO2S. The van der Waals surface area contributed by atoms with E-state index < -0.39 is 21.8 Å². The Bertz CT molecular complexity index is 904. The number of alkyl halides is 3. The third-order valence-corrected chi connectivity index (χ3v) is 6.33. The summed E-state index contributed by atoms with van der Waals surface area (Å²) in [5.41, 5.74) is 0.646. The molecule has 0 heterocycles. The molecule has 0 aromatic heterocycles. The summed E-state index contributed by atoms with van der Waals surface area (Å²) in [5, 5.41) is 0. The van der Waals surface area contributed by atoms with Crippen molar-refractivity contribution in [1.82, 2.24) is 0 Å². The van der Waals surface area contributed by atoms with Gasteiger partial charge in [0.2, 0.25) is 0 Å². The van der Waals surface area contributed by atoms with E-state index in [1.165, 1.54) is 4.31 Å². The molecule has 2 aromatic rings. The second-order valence-corrected chi connectivity index (χ2v) is 8.34. The van der Waals surface area contributed by atoms with Crippen LogP contribution < -0.4 is 4.31 Å². The lowest BCUT2D eigenvalue weighted by Crippen LogP contribution is -2.33. The Balaban J connectivity index is 1.98. The van der Waals surface area contributed by atoms with Gasteiger partial charge in [0.05, 0.1) is 22.7 Å². The molecule has 7 heteroatoms. The number of benzene rings is 2. The Labute approximate surface area is 157 Å². The molecule has 0 saturated carbocycles. The molecule has 0 radical (unpaired) electrons. The lowest BCUT2D eigenvalue weighted by molar-refractivity contribution is -0.137. The number of nitrogens with zero attached hydrogens (tertiary/aromatic N) is 1. The van der Waals surface area contributed by atoms with E-state index in [1.807, 2.05) is 0 Å². The minimum absolute atomic E-state index is 0.157. The summed E-state index contributed by atoms with van der Waals surface area (Å²) in [6.45, 7) is 0.202. The molecule has 0 atom stereocenters. The Kier molecular flexibility index (Phi) is 5.60. The quantitative estimate of drug-likeness (QED) is 0.636. The van der Waals surface area contributed by atoms with Gasteiger partial charge < -0.3 is 0 Å². The molecule has 0 amide bonds. The standard InChI is InChI=1S/C20H20F3NO2S/c21-20(22,23)17-11-13-19(14-12-17)27(25,26)24(18-9-5-2-6-10-18)15-16-7-3-1-4-8-16/h2,5-7,9-14H,1,3-4,8,15H2. The first-order chi connectivity index (χ1) is 12.8. The minimum Gasteiger partial charge on any atom is -0.262 e. The molecular weight excluding hydrogens is 375 g/mol. The highest BCUT2D eigenvalue weighted by atomic mass is 32.2. The van der Waals surface area contributed by atoms with Gasteiger partial charge in [-0.05, 0) is 62.1 Å². The van der Waals surface area contributed by atoms with Gasteiger partial charge in [-0.15, -0.1) is 0 Å². The number of anilines is 1. The van der Waals surface area contributed by atoms with Crippen LogP contribution in [-0.2, 0) is 16.2 Å². The summed E-state index contributed by atoms with van der Waals surface area (Å²) in [6, 6.07) is 12.3. The molecule has 3 rings (SSSR count). The molecule has 0 saturated heterocycles. The zero-order valence-electron chi connectivity index (χ0n) is 14.6. The molecule has 0 unspecified atom stereocenters. The van der Waals surface area contributed by atoms with Crippen molar-refractivity contribution in [1.29, 1.82) is 0 Å². The maximum absolute atomic E-state index is 13.2. The van der Waals surface area contributed by atoms with E-state index >= 15 is 0 Å². The molecule has 0 fully saturated rings. The van der Waals surface area contributed by atoms with Crippen LogP contribution in [0.4, 0.5) is 18.9 Å². The monoisotopic (exact) mass is 395 g/mol. The second-order valence-electron chi connectivity index (χ2n) is 6.48. The largest absolute Gasteiger partial charge is 0.416 e. The van der Waals surface area contributed by atoms with Gasteiger partial charge in [0, 0.05) is 0 Å². The zero-order chi connectivity index (χ0) is 19.5. The van der Waals surface area contributed by atoms with Crippen molar-refractivity contribution in [3.05, 3.63) is 71.8 Å². The fraction of sp³-hybridized carbons (Fsp3) is 0.300. The van der Waals surface area contributed by atoms with E-state index in [0.29, 0.717) is 5.69 Å². The molecule has 1 aliphatic carbocycles. The van der Waals surface area contributed by atoms with Crippen LogP contribution in [0, 0.1) is 0 Å². The Morgan fingerprint density at radius 2 is 1.59 bits per heavy atom. The summed E-state index contributed by atoms with van der Waals surface area (Å²) in [4.78, 5) is -0.157. The summed E-state index contributed by atoms with van der Waals surface area (Å²) >= 11 is 0. The molecule has 3 nitrogen and oxygen atoms in total. The molecule has 0 aliphatic heterocycles. The summed E-state index contributed by atoms with van der Waals surface area (Å²) in [7, 11) is -3.99. The highest BCUT2D eigenvalue weighted by Gasteiger charge is 2.32. The average molecular weight is 395 g/mol. The van der Waals surface area contributed by atoms with Crippen molar-refractivity contribution in [3.8, 4) is 0 Å². The smallest absolute Gasteiger partial charge is 0.262 e. The second kappa shape index (κ2) is 7.76. The number of halogens is 3. The highest BCUT2D eigenvalue weighted by Crippen LogP contribution is 2.32. The zero-order valence-corrected chi connectivity index (χ0v) is 15.4. The fourth-order valence-electron chi connectivity index (χ4n) is 3.09. The van der Waals surface area contributed by atoms with Gasteiger partial charge in [-0.3, -0.25) is 4.31 Å². The van der Waals surface area contributed by atoms with Crippen LogP contribution >= 0.6 is 0 Å². The lowest BCUT2D eigenvalue weighted by atomic mass is 10.00. The minimum atomic E-state index is -4.51. The van der Waals surface area contributed by atoms with Crippen molar-refractivity contribution in [2.45, 2.75) is 36.8 Å². The van der Waals surface area contributed by atoms with Gasteiger partial charge in [0.1, 0.15) is 0 Å². The van der Waals surface area contributed by atoms with Crippen molar-refractivity contribution < 1.29 is 21.6 Å². The normalized spacial score (nSPS) is 15.3. The summed E-state index contributed by atoms with van der Waals surface area (Å²) < 4.78 is 66.0. The van der Waals surface area contributed by atoms with E-state index in [2.05, 4.69) is 6.08 Å². The van der Waals surface area contributed by atoms with Crippen molar-refractivity contribution in [2.24, 2.45) is 0 Å². The fourth-order valence-corrected chi connectivity index (χ4v) is 4.55. The van der Waals surface area contributed by atoms with Crippen LogP contribution in [0.3, 0.4) is 0 Å². The van der Waals surface area contributed by atoms with Crippen LogP contribution in [0.1, 0.15) is 31.2 Å². The van der Waals surface area contributed by atoms with Crippen LogP contribution in [0.2, 0.25) is 0 Å². The van der Waals surface area contributed by atoms with Crippen molar-refractivity contribution >= 4 is 15.7 Å². The van der Waals surface area contributed by atoms with E-state index in [1.54, 1.807) is 30.3 Å². The molecule has 0 spiro atoms. The van der Waals surface area contributed by atoms with Crippen LogP contribution in [0.5, 0.6) is 0 Å². The molecule has 144 valence electrons. The summed E-state index contributed by atoms with van der Waals surface area (Å²) in [5.74, 6) is 0. The first-order valence-electron chi connectivity index (χ1n) is 8.71. The third-order valence-electron chi connectivity index (χ3n) is 4.55. The van der Waals surface area contributed by atoms with E-state index in [0.717, 1.165) is 55.5 Å². The first-order valence-corrected chi connectivity index (χ1v) is 10.2. The molecule has 1 aliphatic rings.